The number of anilines is 1. The lowest BCUT2D eigenvalue weighted by Crippen LogP contribution is -2.37. The van der Waals surface area contributed by atoms with Crippen molar-refractivity contribution in [3.8, 4) is 0 Å². The van der Waals surface area contributed by atoms with E-state index in [-0.39, 0.29) is 0 Å². The second-order valence-electron chi connectivity index (χ2n) is 4.59. The second-order valence-corrected chi connectivity index (χ2v) is 4.59. The molecular formula is C12H17F3N4. The van der Waals surface area contributed by atoms with E-state index in [0.29, 0.717) is 25.3 Å². The molecule has 0 spiro atoms. The summed E-state index contributed by atoms with van der Waals surface area (Å²) < 4.78 is 37.9. The summed E-state index contributed by atoms with van der Waals surface area (Å²) in [6, 6.07) is 0. The van der Waals surface area contributed by atoms with E-state index in [1.165, 1.54) is 11.2 Å². The predicted octanol–water partition coefficient (Wildman–Crippen LogP) is 1.90. The largest absolute Gasteiger partial charge is 0.405 e. The molecule has 19 heavy (non-hydrogen) atoms. The lowest BCUT2D eigenvalue weighted by atomic mass is 10.1. The zero-order chi connectivity index (χ0) is 13.9. The van der Waals surface area contributed by atoms with Crippen molar-refractivity contribution in [3.05, 3.63) is 17.6 Å². The third-order valence-electron chi connectivity index (χ3n) is 3.02. The summed E-state index contributed by atoms with van der Waals surface area (Å²) in [5.41, 5.74) is 1.65. The van der Waals surface area contributed by atoms with Gasteiger partial charge in [-0.15, -0.1) is 0 Å². The Balaban J connectivity index is 2.30. The van der Waals surface area contributed by atoms with E-state index in [1.54, 1.807) is 0 Å². The van der Waals surface area contributed by atoms with Gasteiger partial charge >= 0.3 is 6.18 Å². The van der Waals surface area contributed by atoms with Gasteiger partial charge in [0.25, 0.3) is 0 Å². The maximum atomic E-state index is 12.6. The third kappa shape index (κ3) is 3.56. The summed E-state index contributed by atoms with van der Waals surface area (Å²) in [4.78, 5) is 9.53. The number of rotatable bonds is 4. The Kier molecular flexibility index (Phi) is 4.24. The molecular weight excluding hydrogens is 257 g/mol. The average Bonchev–Trinajstić information content (AvgIpc) is 2.36. The molecule has 1 aliphatic rings. The molecule has 106 valence electrons. The fourth-order valence-corrected chi connectivity index (χ4v) is 2.27. The zero-order valence-corrected chi connectivity index (χ0v) is 10.8. The molecule has 0 aromatic carbocycles. The first-order valence-corrected chi connectivity index (χ1v) is 6.36. The summed E-state index contributed by atoms with van der Waals surface area (Å²) in [5, 5.41) is 3.15. The summed E-state index contributed by atoms with van der Waals surface area (Å²) in [6.07, 6.45) is -1.49. The van der Waals surface area contributed by atoms with Crippen LogP contribution in [0.2, 0.25) is 0 Å². The van der Waals surface area contributed by atoms with E-state index in [0.717, 1.165) is 24.2 Å². The molecule has 0 bridgehead atoms. The quantitative estimate of drug-likeness (QED) is 0.910. The Morgan fingerprint density at radius 2 is 2.16 bits per heavy atom. The fourth-order valence-electron chi connectivity index (χ4n) is 2.27. The number of nitrogens with one attached hydrogen (secondary N) is 1. The molecule has 0 radical (unpaired) electrons. The SMILES string of the molecule is CCCN(CC(F)(F)F)c1ncnc2c1CNCC2. The monoisotopic (exact) mass is 274 g/mol. The highest BCUT2D eigenvalue weighted by molar-refractivity contribution is 5.49. The summed E-state index contributed by atoms with van der Waals surface area (Å²) in [7, 11) is 0. The fraction of sp³-hybridized carbons (Fsp3) is 0.667. The molecule has 2 rings (SSSR count). The summed E-state index contributed by atoms with van der Waals surface area (Å²) in [6.45, 7) is 2.56. The van der Waals surface area contributed by atoms with Gasteiger partial charge in [-0.2, -0.15) is 13.2 Å². The molecule has 1 N–H and O–H groups in total. The number of hydrogen-bond donors (Lipinski definition) is 1. The normalized spacial score (nSPS) is 15.2. The summed E-state index contributed by atoms with van der Waals surface area (Å²) in [5.74, 6) is 0.413. The van der Waals surface area contributed by atoms with Gasteiger partial charge in [-0.05, 0) is 6.42 Å². The molecule has 1 aromatic heterocycles. The minimum atomic E-state index is -4.23. The smallest absolute Gasteiger partial charge is 0.347 e. The van der Waals surface area contributed by atoms with Crippen molar-refractivity contribution in [2.75, 3.05) is 24.5 Å². The van der Waals surface area contributed by atoms with Crippen molar-refractivity contribution in [1.29, 1.82) is 0 Å². The van der Waals surface area contributed by atoms with Gasteiger partial charge in [0, 0.05) is 31.6 Å². The van der Waals surface area contributed by atoms with Gasteiger partial charge in [0.15, 0.2) is 0 Å². The van der Waals surface area contributed by atoms with E-state index in [9.17, 15) is 13.2 Å². The Hall–Kier alpha value is -1.37. The predicted molar refractivity (Wildman–Crippen MR) is 66.0 cm³/mol. The van der Waals surface area contributed by atoms with Gasteiger partial charge < -0.3 is 10.2 Å². The van der Waals surface area contributed by atoms with Crippen LogP contribution in [0.3, 0.4) is 0 Å². The Bertz CT molecular complexity index is 433. The molecule has 0 unspecified atom stereocenters. The minimum absolute atomic E-state index is 0.336. The first kappa shape index (κ1) is 14.0. The highest BCUT2D eigenvalue weighted by atomic mass is 19.4. The molecule has 0 saturated heterocycles. The maximum Gasteiger partial charge on any atom is 0.405 e. The van der Waals surface area contributed by atoms with Crippen LogP contribution in [0, 0.1) is 0 Å². The number of nitrogens with zero attached hydrogens (tertiary/aromatic N) is 3. The van der Waals surface area contributed by atoms with Crippen molar-refractivity contribution in [3.63, 3.8) is 0 Å². The van der Waals surface area contributed by atoms with Crippen LogP contribution in [-0.4, -0.2) is 35.8 Å². The first-order valence-electron chi connectivity index (χ1n) is 6.36. The van der Waals surface area contributed by atoms with Crippen LogP contribution < -0.4 is 10.2 Å². The van der Waals surface area contributed by atoms with Crippen molar-refractivity contribution < 1.29 is 13.2 Å². The molecule has 0 atom stereocenters. The van der Waals surface area contributed by atoms with Crippen LogP contribution in [0.5, 0.6) is 0 Å². The lowest BCUT2D eigenvalue weighted by molar-refractivity contribution is -0.119. The standard InChI is InChI=1S/C12H17F3N4/c1-2-5-19(7-12(13,14)15)11-9-6-16-4-3-10(9)17-8-18-11/h8,16H,2-7H2,1H3. The number of aromatic nitrogens is 2. The minimum Gasteiger partial charge on any atom is -0.347 e. The number of halogens is 3. The molecule has 4 nitrogen and oxygen atoms in total. The van der Waals surface area contributed by atoms with Crippen molar-refractivity contribution in [2.24, 2.45) is 0 Å². The van der Waals surface area contributed by atoms with E-state index in [4.69, 9.17) is 0 Å². The van der Waals surface area contributed by atoms with Gasteiger partial charge in [-0.1, -0.05) is 6.92 Å². The highest BCUT2D eigenvalue weighted by Gasteiger charge is 2.32. The van der Waals surface area contributed by atoms with Crippen LogP contribution in [-0.2, 0) is 13.0 Å². The van der Waals surface area contributed by atoms with E-state index in [1.807, 2.05) is 6.92 Å². The highest BCUT2D eigenvalue weighted by Crippen LogP contribution is 2.26. The molecule has 1 aliphatic heterocycles. The van der Waals surface area contributed by atoms with Gasteiger partial charge in [0.2, 0.25) is 0 Å². The molecule has 0 saturated carbocycles. The van der Waals surface area contributed by atoms with Gasteiger partial charge in [0.1, 0.15) is 18.7 Å². The average molecular weight is 274 g/mol. The summed E-state index contributed by atoms with van der Waals surface area (Å²) >= 11 is 0. The maximum absolute atomic E-state index is 12.6. The Morgan fingerprint density at radius 3 is 2.84 bits per heavy atom. The van der Waals surface area contributed by atoms with Crippen molar-refractivity contribution in [1.82, 2.24) is 15.3 Å². The van der Waals surface area contributed by atoms with Gasteiger partial charge in [0.05, 0.1) is 5.69 Å². The Morgan fingerprint density at radius 1 is 1.37 bits per heavy atom. The number of hydrogen-bond acceptors (Lipinski definition) is 4. The second kappa shape index (κ2) is 5.73. The van der Waals surface area contributed by atoms with Gasteiger partial charge in [-0.25, -0.2) is 9.97 Å². The molecule has 7 heteroatoms. The van der Waals surface area contributed by atoms with E-state index < -0.39 is 12.7 Å². The topological polar surface area (TPSA) is 41.1 Å². The van der Waals surface area contributed by atoms with Gasteiger partial charge in [-0.3, -0.25) is 0 Å². The van der Waals surface area contributed by atoms with E-state index >= 15 is 0 Å². The zero-order valence-electron chi connectivity index (χ0n) is 10.8. The van der Waals surface area contributed by atoms with Crippen LogP contribution in [0.15, 0.2) is 6.33 Å². The molecule has 0 aliphatic carbocycles. The lowest BCUT2D eigenvalue weighted by Gasteiger charge is -2.28. The molecule has 0 fully saturated rings. The number of alkyl halides is 3. The van der Waals surface area contributed by atoms with Crippen LogP contribution >= 0.6 is 0 Å². The molecule has 0 amide bonds. The number of fused-ring (bicyclic) bond motifs is 1. The molecule has 1 aromatic rings. The Labute approximate surface area is 110 Å². The molecule has 2 heterocycles. The van der Waals surface area contributed by atoms with Crippen molar-refractivity contribution in [2.45, 2.75) is 32.5 Å². The third-order valence-corrected chi connectivity index (χ3v) is 3.02. The van der Waals surface area contributed by atoms with Crippen LogP contribution in [0.4, 0.5) is 19.0 Å². The van der Waals surface area contributed by atoms with Crippen LogP contribution in [0.25, 0.3) is 0 Å². The van der Waals surface area contributed by atoms with Crippen molar-refractivity contribution >= 4 is 5.82 Å². The van der Waals surface area contributed by atoms with Crippen LogP contribution in [0.1, 0.15) is 24.6 Å². The van der Waals surface area contributed by atoms with E-state index in [2.05, 4.69) is 15.3 Å². The first-order chi connectivity index (χ1) is 9.01.